The van der Waals surface area contributed by atoms with Gasteiger partial charge >= 0.3 is 6.03 Å². The van der Waals surface area contributed by atoms with Crippen molar-refractivity contribution in [3.8, 4) is 5.75 Å². The normalized spacial score (nSPS) is 21.9. The van der Waals surface area contributed by atoms with E-state index in [-0.39, 0.29) is 29.8 Å². The number of hydrogen-bond acceptors (Lipinski definition) is 3. The van der Waals surface area contributed by atoms with Gasteiger partial charge in [-0.1, -0.05) is 18.6 Å². The van der Waals surface area contributed by atoms with Gasteiger partial charge in [-0.05, 0) is 50.3 Å². The second-order valence-electron chi connectivity index (χ2n) is 6.69. The molecule has 1 aromatic rings. The fraction of sp³-hybridized carbons (Fsp3) is 0.611. The zero-order chi connectivity index (χ0) is 16.8. The number of aromatic hydroxyl groups is 1. The molecule has 1 aliphatic rings. The van der Waals surface area contributed by atoms with Gasteiger partial charge in [-0.3, -0.25) is 0 Å². The van der Waals surface area contributed by atoms with Gasteiger partial charge in [-0.15, -0.1) is 0 Å². The summed E-state index contributed by atoms with van der Waals surface area (Å²) in [5.74, 6) is 0.476. The third kappa shape index (κ3) is 5.43. The summed E-state index contributed by atoms with van der Waals surface area (Å²) in [6.07, 6.45) is 4.32. The molecule has 2 rings (SSSR count). The summed E-state index contributed by atoms with van der Waals surface area (Å²) in [6.45, 7) is 2.61. The number of aliphatic hydroxyl groups is 1. The Labute approximate surface area is 138 Å². The van der Waals surface area contributed by atoms with Gasteiger partial charge in [-0.25, -0.2) is 4.79 Å². The van der Waals surface area contributed by atoms with Crippen LogP contribution in [0.15, 0.2) is 24.3 Å². The number of aryl methyl sites for hydroxylation is 1. The summed E-state index contributed by atoms with van der Waals surface area (Å²) in [5, 5.41) is 22.1. The third-order valence-corrected chi connectivity index (χ3v) is 4.65. The number of benzene rings is 1. The molecular weight excluding hydrogens is 292 g/mol. The van der Waals surface area contributed by atoms with E-state index in [1.54, 1.807) is 24.1 Å². The van der Waals surface area contributed by atoms with E-state index in [4.69, 9.17) is 0 Å². The molecule has 3 atom stereocenters. The molecule has 128 valence electrons. The Hall–Kier alpha value is -1.75. The predicted octanol–water partition coefficient (Wildman–Crippen LogP) is 2.52. The number of nitrogens with one attached hydrogen (secondary N) is 1. The van der Waals surface area contributed by atoms with E-state index in [0.29, 0.717) is 6.54 Å². The monoisotopic (exact) mass is 320 g/mol. The van der Waals surface area contributed by atoms with Crippen LogP contribution >= 0.6 is 0 Å². The molecule has 0 aromatic heterocycles. The van der Waals surface area contributed by atoms with Crippen LogP contribution in [0, 0.1) is 5.92 Å². The standard InChI is InChI=1S/C18H28N2O3/c1-13(6-7-14-8-10-16(21)11-9-14)19-18(23)20(2)12-15-4-3-5-17(15)22/h8-11,13,15,17,21-22H,3-7,12H2,1-2H3,(H,19,23). The van der Waals surface area contributed by atoms with Crippen LogP contribution in [0.3, 0.4) is 0 Å². The zero-order valence-electron chi connectivity index (χ0n) is 14.0. The lowest BCUT2D eigenvalue weighted by Gasteiger charge is -2.25. The lowest BCUT2D eigenvalue weighted by atomic mass is 10.1. The van der Waals surface area contributed by atoms with Gasteiger partial charge in [-0.2, -0.15) is 0 Å². The summed E-state index contributed by atoms with van der Waals surface area (Å²) < 4.78 is 0. The molecule has 0 heterocycles. The molecular formula is C18H28N2O3. The number of nitrogens with zero attached hydrogens (tertiary/aromatic N) is 1. The van der Waals surface area contributed by atoms with Crippen molar-refractivity contribution in [2.24, 2.45) is 5.92 Å². The fourth-order valence-corrected chi connectivity index (χ4v) is 3.10. The minimum absolute atomic E-state index is 0.0762. The lowest BCUT2D eigenvalue weighted by molar-refractivity contribution is 0.113. The molecule has 0 radical (unpaired) electrons. The number of carbonyl (C=O) groups is 1. The van der Waals surface area contributed by atoms with Gasteiger partial charge in [0.15, 0.2) is 0 Å². The fourth-order valence-electron chi connectivity index (χ4n) is 3.10. The molecule has 0 saturated heterocycles. The maximum Gasteiger partial charge on any atom is 0.317 e. The molecule has 23 heavy (non-hydrogen) atoms. The number of amides is 2. The van der Waals surface area contributed by atoms with Crippen molar-refractivity contribution in [1.29, 1.82) is 0 Å². The first-order valence-corrected chi connectivity index (χ1v) is 8.43. The predicted molar refractivity (Wildman–Crippen MR) is 90.4 cm³/mol. The average Bonchev–Trinajstić information content (AvgIpc) is 2.91. The number of carbonyl (C=O) groups excluding carboxylic acids is 1. The highest BCUT2D eigenvalue weighted by molar-refractivity contribution is 5.74. The van der Waals surface area contributed by atoms with Crippen LogP contribution in [0.4, 0.5) is 4.79 Å². The van der Waals surface area contributed by atoms with E-state index in [1.807, 2.05) is 19.1 Å². The Bertz CT molecular complexity index is 503. The lowest BCUT2D eigenvalue weighted by Crippen LogP contribution is -2.44. The van der Waals surface area contributed by atoms with Crippen molar-refractivity contribution < 1.29 is 15.0 Å². The number of urea groups is 1. The van der Waals surface area contributed by atoms with E-state index in [0.717, 1.165) is 37.7 Å². The molecule has 2 amide bonds. The Balaban J connectivity index is 1.72. The molecule has 1 aromatic carbocycles. The molecule has 3 unspecified atom stereocenters. The largest absolute Gasteiger partial charge is 0.508 e. The highest BCUT2D eigenvalue weighted by Crippen LogP contribution is 2.26. The van der Waals surface area contributed by atoms with E-state index in [9.17, 15) is 15.0 Å². The van der Waals surface area contributed by atoms with E-state index in [2.05, 4.69) is 5.32 Å². The Kier molecular flexibility index (Phi) is 6.28. The molecule has 1 saturated carbocycles. The highest BCUT2D eigenvalue weighted by Gasteiger charge is 2.27. The van der Waals surface area contributed by atoms with Gasteiger partial charge in [0, 0.05) is 25.6 Å². The van der Waals surface area contributed by atoms with Crippen molar-refractivity contribution in [1.82, 2.24) is 10.2 Å². The minimum Gasteiger partial charge on any atom is -0.508 e. The van der Waals surface area contributed by atoms with E-state index >= 15 is 0 Å². The first-order valence-electron chi connectivity index (χ1n) is 8.43. The minimum atomic E-state index is -0.267. The van der Waals surface area contributed by atoms with Gasteiger partial charge in [0.05, 0.1) is 6.10 Å². The summed E-state index contributed by atoms with van der Waals surface area (Å²) >= 11 is 0. The van der Waals surface area contributed by atoms with Crippen LogP contribution < -0.4 is 5.32 Å². The Morgan fingerprint density at radius 2 is 2.04 bits per heavy atom. The van der Waals surface area contributed by atoms with Crippen LogP contribution in [0.2, 0.25) is 0 Å². The molecule has 5 nitrogen and oxygen atoms in total. The maximum absolute atomic E-state index is 12.2. The smallest absolute Gasteiger partial charge is 0.317 e. The van der Waals surface area contributed by atoms with Crippen LogP contribution in [-0.4, -0.2) is 46.9 Å². The molecule has 0 bridgehead atoms. The summed E-state index contributed by atoms with van der Waals surface area (Å²) in [5.41, 5.74) is 1.14. The van der Waals surface area contributed by atoms with Crippen molar-refractivity contribution in [2.45, 2.75) is 51.2 Å². The Morgan fingerprint density at radius 3 is 2.65 bits per heavy atom. The first-order chi connectivity index (χ1) is 11.0. The second-order valence-corrected chi connectivity index (χ2v) is 6.69. The number of rotatable bonds is 6. The quantitative estimate of drug-likeness (QED) is 0.754. The van der Waals surface area contributed by atoms with Crippen molar-refractivity contribution in [2.75, 3.05) is 13.6 Å². The number of phenols is 1. The third-order valence-electron chi connectivity index (χ3n) is 4.65. The number of hydrogen-bond donors (Lipinski definition) is 3. The van der Waals surface area contributed by atoms with Gasteiger partial charge in [0.1, 0.15) is 5.75 Å². The van der Waals surface area contributed by atoms with Crippen LogP contribution in [-0.2, 0) is 6.42 Å². The highest BCUT2D eigenvalue weighted by atomic mass is 16.3. The molecule has 5 heteroatoms. The summed E-state index contributed by atoms with van der Waals surface area (Å²) in [7, 11) is 1.78. The van der Waals surface area contributed by atoms with Gasteiger partial charge in [0.2, 0.25) is 0 Å². The molecule has 0 spiro atoms. The Morgan fingerprint density at radius 1 is 1.35 bits per heavy atom. The molecule has 1 aliphatic carbocycles. The van der Waals surface area contributed by atoms with Crippen LogP contribution in [0.25, 0.3) is 0 Å². The summed E-state index contributed by atoms with van der Waals surface area (Å²) in [4.78, 5) is 13.9. The molecule has 1 fully saturated rings. The zero-order valence-corrected chi connectivity index (χ0v) is 14.0. The van der Waals surface area contributed by atoms with E-state index < -0.39 is 0 Å². The maximum atomic E-state index is 12.2. The van der Waals surface area contributed by atoms with Crippen molar-refractivity contribution in [3.05, 3.63) is 29.8 Å². The SMILES string of the molecule is CC(CCc1ccc(O)cc1)NC(=O)N(C)CC1CCCC1O. The molecule has 0 aliphatic heterocycles. The van der Waals surface area contributed by atoms with Crippen molar-refractivity contribution >= 4 is 6.03 Å². The molecule has 3 N–H and O–H groups in total. The first kappa shape index (κ1) is 17.6. The van der Waals surface area contributed by atoms with E-state index in [1.165, 1.54) is 0 Å². The topological polar surface area (TPSA) is 72.8 Å². The second kappa shape index (κ2) is 8.20. The number of aliphatic hydroxyl groups excluding tert-OH is 1. The van der Waals surface area contributed by atoms with Gasteiger partial charge in [0.25, 0.3) is 0 Å². The number of phenolic OH excluding ortho intramolecular Hbond substituents is 1. The van der Waals surface area contributed by atoms with Crippen LogP contribution in [0.5, 0.6) is 5.75 Å². The van der Waals surface area contributed by atoms with Gasteiger partial charge < -0.3 is 20.4 Å². The van der Waals surface area contributed by atoms with Crippen LogP contribution in [0.1, 0.15) is 38.2 Å². The summed E-state index contributed by atoms with van der Waals surface area (Å²) in [6, 6.07) is 7.16. The average molecular weight is 320 g/mol. The van der Waals surface area contributed by atoms with Crippen molar-refractivity contribution in [3.63, 3.8) is 0 Å².